The van der Waals surface area contributed by atoms with E-state index >= 15 is 0 Å². The molecular weight excluding hydrogens is 720 g/mol. The second-order valence-electron chi connectivity index (χ2n) is 14.7. The third-order valence-electron chi connectivity index (χ3n) is 10.6. The molecule has 14 heteroatoms. The number of carboxylic acid groups (broad SMARTS) is 2. The summed E-state index contributed by atoms with van der Waals surface area (Å²) in [7, 11) is 0. The number of nitro benzene ring substituents is 1. The van der Waals surface area contributed by atoms with E-state index in [-0.39, 0.29) is 50.1 Å². The van der Waals surface area contributed by atoms with Crippen LogP contribution in [0.2, 0.25) is 0 Å². The standard InChI is InChI=1S/2C21H20N2O5.H2/c1-20(2)16-5-3-4-6-17(16)22(12-10-19(24)25)21(20)11-9-14-13-15(23(26)27)7-8-18(14)28-21;1-21(2)16-5-3-4-6-17(16)22(12-11-20(25)26)19(21)10-7-14-13-15(23(27)28)8-9-18(14)24;/h3-9,11,13H,10,12H2,1-2H3,(H,24,25);3-10,13H,11-12H2,1-2H3,(H,25,26);1H/t21-;;/m1../s1/i;;1+1. The number of carbonyl (C=O) groups is 3. The van der Waals surface area contributed by atoms with Crippen LogP contribution in [0, 0.1) is 20.2 Å². The predicted octanol–water partition coefficient (Wildman–Crippen LogP) is 7.58. The maximum atomic E-state index is 12.1. The van der Waals surface area contributed by atoms with Gasteiger partial charge >= 0.3 is 11.9 Å². The number of ether oxygens (including phenoxy) is 1. The van der Waals surface area contributed by atoms with Crippen molar-refractivity contribution >= 4 is 40.9 Å². The molecule has 56 heavy (non-hydrogen) atoms. The van der Waals surface area contributed by atoms with Crippen molar-refractivity contribution in [3.8, 4) is 5.75 Å². The molecule has 290 valence electrons. The van der Waals surface area contributed by atoms with Gasteiger partial charge in [-0.2, -0.15) is 0 Å². The van der Waals surface area contributed by atoms with Crippen LogP contribution in [-0.4, -0.2) is 56.6 Å². The van der Waals surface area contributed by atoms with Crippen molar-refractivity contribution in [2.75, 3.05) is 22.9 Å². The van der Waals surface area contributed by atoms with E-state index in [0.717, 1.165) is 28.2 Å². The molecule has 3 aromatic carbocycles. The summed E-state index contributed by atoms with van der Waals surface area (Å²) in [4.78, 5) is 59.4. The van der Waals surface area contributed by atoms with Crippen LogP contribution >= 0.6 is 0 Å². The molecule has 14 nitrogen and oxygen atoms in total. The van der Waals surface area contributed by atoms with Crippen molar-refractivity contribution in [2.45, 2.75) is 57.1 Å². The molecule has 3 aliphatic heterocycles. The summed E-state index contributed by atoms with van der Waals surface area (Å²) in [6, 6.07) is 20.1. The molecule has 1 aliphatic carbocycles. The topological polar surface area (TPSA) is 194 Å². The van der Waals surface area contributed by atoms with Crippen molar-refractivity contribution in [1.82, 2.24) is 0 Å². The Balaban J connectivity index is 0.000000214. The van der Waals surface area contributed by atoms with E-state index in [9.17, 15) is 39.7 Å². The molecular formula is C42H42N4O10. The molecule has 0 saturated heterocycles. The first-order valence-corrected chi connectivity index (χ1v) is 17.8. The number of hydrogen-bond donors (Lipinski definition) is 2. The monoisotopic (exact) mass is 763 g/mol. The zero-order chi connectivity index (χ0) is 40.6. The lowest BCUT2D eigenvalue weighted by molar-refractivity contribution is -0.419. The summed E-state index contributed by atoms with van der Waals surface area (Å²) >= 11 is 0. The summed E-state index contributed by atoms with van der Waals surface area (Å²) in [6.07, 6.45) is 10.6. The molecule has 1 atom stereocenters. The molecule has 0 unspecified atom stereocenters. The molecule has 2 N–H and O–H groups in total. The number of benzene rings is 3. The first kappa shape index (κ1) is 38.9. The maximum absolute atomic E-state index is 12.1. The number of nitro groups is 2. The largest absolute Gasteiger partial charge is 0.481 e. The van der Waals surface area contributed by atoms with Gasteiger partial charge in [0, 0.05) is 72.4 Å². The number of ketones is 1. The van der Waals surface area contributed by atoms with Crippen LogP contribution in [0.1, 0.15) is 58.7 Å². The maximum Gasteiger partial charge on any atom is 0.305 e. The Morgan fingerprint density at radius 1 is 0.821 bits per heavy atom. The average Bonchev–Trinajstić information content (AvgIpc) is 3.48. The Hall–Kier alpha value is -6.83. The highest BCUT2D eigenvalue weighted by atomic mass is 16.6. The quantitative estimate of drug-likeness (QED) is 0.123. The number of fused-ring (bicyclic) bond motifs is 3. The Kier molecular flexibility index (Phi) is 10.3. The van der Waals surface area contributed by atoms with Crippen molar-refractivity contribution in [3.63, 3.8) is 0 Å². The van der Waals surface area contributed by atoms with Gasteiger partial charge in [-0.05, 0) is 73.6 Å². The molecule has 0 bridgehead atoms. The summed E-state index contributed by atoms with van der Waals surface area (Å²) in [5, 5.41) is 40.4. The summed E-state index contributed by atoms with van der Waals surface area (Å²) in [6.45, 7) is 8.74. The lowest BCUT2D eigenvalue weighted by atomic mass is 9.76. The summed E-state index contributed by atoms with van der Waals surface area (Å²) in [5.41, 5.74) is 3.70. The number of aliphatic carboxylic acids is 2. The minimum atomic E-state index is -0.921. The van der Waals surface area contributed by atoms with Gasteiger partial charge in [-0.1, -0.05) is 50.2 Å². The smallest absolute Gasteiger partial charge is 0.305 e. The zero-order valence-corrected chi connectivity index (χ0v) is 31.2. The van der Waals surface area contributed by atoms with Gasteiger partial charge in [-0.15, -0.1) is 0 Å². The van der Waals surface area contributed by atoms with Crippen LogP contribution in [-0.2, 0) is 25.2 Å². The van der Waals surface area contributed by atoms with Crippen molar-refractivity contribution in [1.29, 1.82) is 0 Å². The van der Waals surface area contributed by atoms with E-state index < -0.39 is 38.3 Å². The molecule has 0 saturated carbocycles. The van der Waals surface area contributed by atoms with Crippen molar-refractivity contribution < 1.29 is 40.6 Å². The third-order valence-corrected chi connectivity index (χ3v) is 10.6. The lowest BCUT2D eigenvalue weighted by Crippen LogP contribution is -2.59. The average molecular weight is 764 g/mol. The SMILES string of the molecule is CC1(C)C(=CC=C2C=C([N+](=O)[O-])C=CC2=O)N(CCC(=O)O)c2ccccc21.CC1(C)c2ccccc2N(CCC(=O)O)[C@@]12C=Cc1cc([N+](=O)[O-])ccc1O2.[2HH]. The van der Waals surface area contributed by atoms with Crippen LogP contribution in [0.3, 0.4) is 0 Å². The van der Waals surface area contributed by atoms with Gasteiger partial charge in [-0.25, -0.2) is 0 Å². The molecule has 4 aliphatic rings. The van der Waals surface area contributed by atoms with Crippen LogP contribution in [0.5, 0.6) is 5.75 Å². The molecule has 7 rings (SSSR count). The minimum Gasteiger partial charge on any atom is -0.481 e. The van der Waals surface area contributed by atoms with Crippen LogP contribution in [0.15, 0.2) is 120 Å². The van der Waals surface area contributed by atoms with Crippen molar-refractivity contribution in [3.05, 3.63) is 157 Å². The Bertz CT molecular complexity index is 2330. The van der Waals surface area contributed by atoms with Gasteiger partial charge in [-0.3, -0.25) is 34.6 Å². The Morgan fingerprint density at radius 2 is 1.46 bits per heavy atom. The third kappa shape index (κ3) is 6.96. The van der Waals surface area contributed by atoms with Gasteiger partial charge in [0.15, 0.2) is 5.78 Å². The number of non-ortho nitro benzene ring substituents is 1. The van der Waals surface area contributed by atoms with Gasteiger partial charge in [0.1, 0.15) is 5.75 Å². The highest BCUT2D eigenvalue weighted by Crippen LogP contribution is 2.55. The number of anilines is 2. The molecule has 0 aromatic heterocycles. The molecule has 3 aromatic rings. The molecule has 1 spiro atoms. The first-order valence-electron chi connectivity index (χ1n) is 17.8. The number of allylic oxidation sites excluding steroid dienone is 7. The van der Waals surface area contributed by atoms with Gasteiger partial charge in [0.25, 0.3) is 11.4 Å². The van der Waals surface area contributed by atoms with Crippen LogP contribution in [0.25, 0.3) is 6.08 Å². The fraction of sp³-hybridized carbons (Fsp3) is 0.262. The number of hydrogen-bond acceptors (Lipinski definition) is 10. The number of carboxylic acids is 2. The lowest BCUT2D eigenvalue weighted by Gasteiger charge is -2.47. The van der Waals surface area contributed by atoms with Gasteiger partial charge in [0.2, 0.25) is 5.72 Å². The van der Waals surface area contributed by atoms with Gasteiger partial charge < -0.3 is 24.7 Å². The summed E-state index contributed by atoms with van der Waals surface area (Å²) in [5.74, 6) is -1.55. The minimum absolute atomic E-state index is 0. The normalized spacial score (nSPS) is 20.8. The van der Waals surface area contributed by atoms with E-state index in [2.05, 4.69) is 13.8 Å². The zero-order valence-electron chi connectivity index (χ0n) is 31.2. The number of para-hydroxylation sites is 2. The van der Waals surface area contributed by atoms with E-state index in [1.54, 1.807) is 18.2 Å². The van der Waals surface area contributed by atoms with Crippen molar-refractivity contribution in [2.24, 2.45) is 0 Å². The van der Waals surface area contributed by atoms with E-state index in [4.69, 9.17) is 9.84 Å². The molecule has 0 radical (unpaired) electrons. The van der Waals surface area contributed by atoms with E-state index in [1.165, 1.54) is 30.4 Å². The highest BCUT2D eigenvalue weighted by molar-refractivity contribution is 6.07. The first-order chi connectivity index (χ1) is 26.5. The predicted molar refractivity (Wildman–Crippen MR) is 211 cm³/mol. The number of nitrogens with zero attached hydrogens (tertiary/aromatic N) is 4. The Morgan fingerprint density at radius 3 is 2.12 bits per heavy atom. The van der Waals surface area contributed by atoms with E-state index in [0.29, 0.717) is 11.3 Å². The van der Waals surface area contributed by atoms with E-state index in [1.807, 2.05) is 84.3 Å². The Labute approximate surface area is 323 Å². The molecule has 0 fully saturated rings. The highest BCUT2D eigenvalue weighted by Gasteiger charge is 2.58. The van der Waals surface area contributed by atoms with Crippen LogP contribution in [0.4, 0.5) is 17.1 Å². The second kappa shape index (κ2) is 14.8. The number of carbonyl (C=O) groups excluding carboxylic acids is 1. The van der Waals surface area contributed by atoms with Gasteiger partial charge in [0.05, 0.1) is 28.1 Å². The molecule has 0 amide bonds. The summed E-state index contributed by atoms with van der Waals surface area (Å²) < 4.78 is 6.48. The second-order valence-corrected chi connectivity index (χ2v) is 14.7. The molecule has 3 heterocycles. The number of rotatable bonds is 9. The fourth-order valence-corrected chi connectivity index (χ4v) is 7.74. The van der Waals surface area contributed by atoms with Crippen LogP contribution < -0.4 is 14.5 Å². The fourth-order valence-electron chi connectivity index (χ4n) is 7.74.